The molecule has 0 aliphatic rings. The maximum atomic E-state index is 12.6. The summed E-state index contributed by atoms with van der Waals surface area (Å²) in [6.45, 7) is 0. The molecule has 0 saturated carbocycles. The molecule has 2 aromatic carbocycles. The quantitative estimate of drug-likeness (QED) is 0.369. The Kier molecular flexibility index (Phi) is 5.81. The lowest BCUT2D eigenvalue weighted by Crippen LogP contribution is -2.17. The monoisotopic (exact) mass is 442 g/mol. The van der Waals surface area contributed by atoms with Gasteiger partial charge in [0.2, 0.25) is 0 Å². The molecule has 0 aliphatic heterocycles. The molecule has 31 heavy (non-hydrogen) atoms. The highest BCUT2D eigenvalue weighted by Crippen LogP contribution is 2.28. The lowest BCUT2D eigenvalue weighted by atomic mass is 10.0. The van der Waals surface area contributed by atoms with E-state index in [1.54, 1.807) is 18.3 Å². The minimum absolute atomic E-state index is 0.184. The molecular formula is C22H14ClF3N4O. The second-order valence-corrected chi connectivity index (χ2v) is 6.93. The van der Waals surface area contributed by atoms with E-state index in [1.807, 2.05) is 36.4 Å². The number of pyridine rings is 1. The summed E-state index contributed by atoms with van der Waals surface area (Å²) in [5.74, 6) is -0.173. The molecule has 0 amide bonds. The lowest BCUT2D eigenvalue weighted by molar-refractivity contribution is -0.274. The summed E-state index contributed by atoms with van der Waals surface area (Å²) in [5.41, 5.74) is 3.19. The fraction of sp³-hybridized carbons (Fsp3) is 0.0909. The van der Waals surface area contributed by atoms with Crippen molar-refractivity contribution in [3.8, 4) is 28.4 Å². The van der Waals surface area contributed by atoms with Crippen LogP contribution in [0.15, 0.2) is 72.9 Å². The van der Waals surface area contributed by atoms with Crippen molar-refractivity contribution in [3.63, 3.8) is 0 Å². The van der Waals surface area contributed by atoms with Gasteiger partial charge < -0.3 is 4.74 Å². The number of hydrogen-bond donors (Lipinski definition) is 0. The zero-order valence-electron chi connectivity index (χ0n) is 15.8. The molecule has 9 heteroatoms. The Morgan fingerprint density at radius 1 is 0.871 bits per heavy atom. The van der Waals surface area contributed by atoms with Crippen molar-refractivity contribution in [1.82, 2.24) is 20.2 Å². The van der Waals surface area contributed by atoms with Crippen LogP contribution in [0.4, 0.5) is 13.2 Å². The molecule has 4 aromatic rings. The van der Waals surface area contributed by atoms with Gasteiger partial charge in [0.25, 0.3) is 0 Å². The fourth-order valence-corrected chi connectivity index (χ4v) is 3.07. The number of halogens is 4. The molecule has 0 saturated heterocycles. The molecule has 2 heterocycles. The summed E-state index contributed by atoms with van der Waals surface area (Å²) in [6.07, 6.45) is -2.77. The minimum Gasteiger partial charge on any atom is -0.406 e. The Labute approximate surface area is 180 Å². The van der Waals surface area contributed by atoms with Crippen LogP contribution >= 0.6 is 11.6 Å². The predicted molar refractivity (Wildman–Crippen MR) is 109 cm³/mol. The van der Waals surface area contributed by atoms with Crippen molar-refractivity contribution < 1.29 is 17.9 Å². The van der Waals surface area contributed by atoms with Gasteiger partial charge in [-0.15, -0.1) is 23.4 Å². The number of ether oxygens (including phenoxy) is 1. The molecule has 0 fully saturated rings. The minimum atomic E-state index is -4.79. The molecule has 0 bridgehead atoms. The smallest absolute Gasteiger partial charge is 0.406 e. The first-order valence-electron chi connectivity index (χ1n) is 9.13. The van der Waals surface area contributed by atoms with E-state index < -0.39 is 6.36 Å². The zero-order valence-corrected chi connectivity index (χ0v) is 16.6. The van der Waals surface area contributed by atoms with Gasteiger partial charge in [0.05, 0.1) is 5.69 Å². The number of benzene rings is 2. The standard InChI is InChI=1S/C22H14ClF3N4O/c23-19-10-9-14(13-27-19)11-18-20(15-5-2-1-3-6-15)29-30-21(28-18)16-7-4-8-17(12-16)31-22(24,25)26/h1-10,12-13H,11H2. The van der Waals surface area contributed by atoms with Crippen molar-refractivity contribution in [2.45, 2.75) is 12.8 Å². The van der Waals surface area contributed by atoms with Gasteiger partial charge in [-0.1, -0.05) is 60.1 Å². The van der Waals surface area contributed by atoms with Crippen molar-refractivity contribution in [3.05, 3.63) is 89.3 Å². The largest absolute Gasteiger partial charge is 0.573 e. The summed E-state index contributed by atoms with van der Waals surface area (Å²) in [6, 6.07) is 18.4. The van der Waals surface area contributed by atoms with Crippen LogP contribution in [-0.4, -0.2) is 26.5 Å². The highest BCUT2D eigenvalue weighted by atomic mass is 35.5. The summed E-state index contributed by atoms with van der Waals surface area (Å²) < 4.78 is 41.7. The topological polar surface area (TPSA) is 60.8 Å². The van der Waals surface area contributed by atoms with Crippen LogP contribution in [-0.2, 0) is 6.42 Å². The van der Waals surface area contributed by atoms with E-state index in [-0.39, 0.29) is 11.6 Å². The van der Waals surface area contributed by atoms with Crippen LogP contribution in [0.25, 0.3) is 22.6 Å². The van der Waals surface area contributed by atoms with Crippen LogP contribution in [0.5, 0.6) is 5.75 Å². The number of alkyl halides is 3. The highest BCUT2D eigenvalue weighted by Gasteiger charge is 2.31. The Hall–Kier alpha value is -3.52. The average molecular weight is 443 g/mol. The van der Waals surface area contributed by atoms with Crippen molar-refractivity contribution in [1.29, 1.82) is 0 Å². The van der Waals surface area contributed by atoms with Gasteiger partial charge in [0, 0.05) is 23.7 Å². The Balaban J connectivity index is 1.75. The Morgan fingerprint density at radius 2 is 1.65 bits per heavy atom. The molecule has 0 unspecified atom stereocenters. The first-order chi connectivity index (χ1) is 14.9. The SMILES string of the molecule is FC(F)(F)Oc1cccc(-c2nnc(-c3ccccc3)c(Cc3ccc(Cl)nc3)n2)c1. The summed E-state index contributed by atoms with van der Waals surface area (Å²) in [7, 11) is 0. The summed E-state index contributed by atoms with van der Waals surface area (Å²) in [5, 5.41) is 8.84. The molecule has 0 spiro atoms. The van der Waals surface area contributed by atoms with Crippen LogP contribution in [0.2, 0.25) is 5.15 Å². The highest BCUT2D eigenvalue weighted by molar-refractivity contribution is 6.29. The van der Waals surface area contributed by atoms with E-state index in [2.05, 4.69) is 24.9 Å². The van der Waals surface area contributed by atoms with E-state index in [4.69, 9.17) is 11.6 Å². The second-order valence-electron chi connectivity index (χ2n) is 6.54. The predicted octanol–water partition coefficient (Wildman–Crippen LogP) is 5.74. The maximum Gasteiger partial charge on any atom is 0.573 e. The van der Waals surface area contributed by atoms with Crippen LogP contribution in [0.1, 0.15) is 11.3 Å². The summed E-state index contributed by atoms with van der Waals surface area (Å²) >= 11 is 5.87. The van der Waals surface area contributed by atoms with Crippen LogP contribution in [0.3, 0.4) is 0 Å². The van der Waals surface area contributed by atoms with E-state index in [9.17, 15) is 13.2 Å². The van der Waals surface area contributed by atoms with E-state index in [0.717, 1.165) is 11.1 Å². The Morgan fingerprint density at radius 3 is 2.35 bits per heavy atom. The van der Waals surface area contributed by atoms with Gasteiger partial charge >= 0.3 is 6.36 Å². The van der Waals surface area contributed by atoms with Gasteiger partial charge in [-0.05, 0) is 23.8 Å². The first kappa shape index (κ1) is 20.7. The number of hydrogen-bond acceptors (Lipinski definition) is 5. The van der Waals surface area contributed by atoms with Crippen molar-refractivity contribution in [2.24, 2.45) is 0 Å². The number of rotatable bonds is 5. The van der Waals surface area contributed by atoms with E-state index in [1.165, 1.54) is 18.2 Å². The third-order valence-electron chi connectivity index (χ3n) is 4.29. The van der Waals surface area contributed by atoms with Gasteiger partial charge in [-0.25, -0.2) is 9.97 Å². The second kappa shape index (κ2) is 8.69. The molecule has 0 radical (unpaired) electrons. The third-order valence-corrected chi connectivity index (χ3v) is 4.52. The average Bonchev–Trinajstić information content (AvgIpc) is 2.75. The maximum absolute atomic E-state index is 12.6. The molecule has 0 aliphatic carbocycles. The third kappa shape index (κ3) is 5.35. The Bertz CT molecular complexity index is 1190. The molecule has 0 N–H and O–H groups in total. The zero-order chi connectivity index (χ0) is 21.8. The summed E-state index contributed by atoms with van der Waals surface area (Å²) in [4.78, 5) is 8.69. The van der Waals surface area contributed by atoms with Gasteiger partial charge in [-0.3, -0.25) is 0 Å². The normalized spacial score (nSPS) is 11.4. The molecule has 5 nitrogen and oxygen atoms in total. The van der Waals surface area contributed by atoms with Gasteiger partial charge in [-0.2, -0.15) is 0 Å². The van der Waals surface area contributed by atoms with Crippen molar-refractivity contribution in [2.75, 3.05) is 0 Å². The lowest BCUT2D eigenvalue weighted by Gasteiger charge is -2.11. The first-order valence-corrected chi connectivity index (χ1v) is 9.51. The number of aromatic nitrogens is 4. The van der Waals surface area contributed by atoms with E-state index in [0.29, 0.717) is 28.5 Å². The van der Waals surface area contributed by atoms with Gasteiger partial charge in [0.15, 0.2) is 5.82 Å². The van der Waals surface area contributed by atoms with Crippen molar-refractivity contribution >= 4 is 11.6 Å². The van der Waals surface area contributed by atoms with Crippen LogP contribution in [0, 0.1) is 0 Å². The molecule has 2 aromatic heterocycles. The molecular weight excluding hydrogens is 429 g/mol. The fourth-order valence-electron chi connectivity index (χ4n) is 2.96. The molecule has 156 valence electrons. The van der Waals surface area contributed by atoms with Crippen LogP contribution < -0.4 is 4.74 Å². The van der Waals surface area contributed by atoms with Gasteiger partial charge in [0.1, 0.15) is 16.6 Å². The molecule has 4 rings (SSSR count). The number of nitrogens with zero attached hydrogens (tertiary/aromatic N) is 4. The van der Waals surface area contributed by atoms with E-state index >= 15 is 0 Å². The molecule has 0 atom stereocenters.